The van der Waals surface area contributed by atoms with Gasteiger partial charge in [0.15, 0.2) is 14.5 Å². The van der Waals surface area contributed by atoms with Gasteiger partial charge in [0, 0.05) is 10.6 Å². The first-order valence-corrected chi connectivity index (χ1v) is 8.74. The van der Waals surface area contributed by atoms with E-state index in [1.807, 2.05) is 13.2 Å². The Morgan fingerprint density at radius 1 is 1.26 bits per heavy atom. The number of halogens is 1. The van der Waals surface area contributed by atoms with Crippen LogP contribution in [0.3, 0.4) is 0 Å². The summed E-state index contributed by atoms with van der Waals surface area (Å²) in [6.07, 6.45) is 1.96. The van der Waals surface area contributed by atoms with Crippen LogP contribution in [0.1, 0.15) is 17.3 Å². The number of carbonyl (C=O) groups is 1. The highest BCUT2D eigenvalue weighted by molar-refractivity contribution is 8.03. The summed E-state index contributed by atoms with van der Waals surface area (Å²) in [5.74, 6) is 0.0718. The normalized spacial score (nSPS) is 12.4. The number of aromatic nitrogens is 2. The minimum atomic E-state index is -0.191. The molecule has 7 heteroatoms. The maximum Gasteiger partial charge on any atom is 0.175 e. The fraction of sp³-hybridized carbons (Fsp3) is 0.250. The molecule has 100 valence electrons. The van der Waals surface area contributed by atoms with Gasteiger partial charge in [-0.25, -0.2) is 0 Å². The smallest absolute Gasteiger partial charge is 0.175 e. The summed E-state index contributed by atoms with van der Waals surface area (Å²) in [6.45, 7) is 1.88. The quantitative estimate of drug-likeness (QED) is 0.604. The van der Waals surface area contributed by atoms with Crippen molar-refractivity contribution in [2.75, 3.05) is 6.26 Å². The summed E-state index contributed by atoms with van der Waals surface area (Å²) in [5.41, 5.74) is 0.666. The highest BCUT2D eigenvalue weighted by atomic mass is 35.5. The van der Waals surface area contributed by atoms with Gasteiger partial charge in [0.05, 0.1) is 5.25 Å². The summed E-state index contributed by atoms with van der Waals surface area (Å²) in [6, 6.07) is 6.94. The molecule has 0 saturated carbocycles. The van der Waals surface area contributed by atoms with E-state index in [4.69, 9.17) is 11.6 Å². The van der Waals surface area contributed by atoms with Crippen molar-refractivity contribution >= 4 is 52.2 Å². The van der Waals surface area contributed by atoms with Crippen molar-refractivity contribution in [3.05, 3.63) is 34.9 Å². The molecule has 0 aliphatic heterocycles. The van der Waals surface area contributed by atoms with Crippen LogP contribution in [0.5, 0.6) is 0 Å². The molecular weight excluding hydrogens is 320 g/mol. The van der Waals surface area contributed by atoms with Crippen molar-refractivity contribution in [1.29, 1.82) is 0 Å². The highest BCUT2D eigenvalue weighted by Gasteiger charge is 2.18. The predicted octanol–water partition coefficient (Wildman–Crippen LogP) is 4.28. The molecule has 2 rings (SSSR count). The average Bonchev–Trinajstić information content (AvgIpc) is 2.86. The topological polar surface area (TPSA) is 42.9 Å². The lowest BCUT2D eigenvalue weighted by atomic mass is 10.1. The largest absolute Gasteiger partial charge is 0.293 e. The second-order valence-electron chi connectivity index (χ2n) is 3.67. The summed E-state index contributed by atoms with van der Waals surface area (Å²) in [5, 5.41) is 8.51. The van der Waals surface area contributed by atoms with Gasteiger partial charge in [-0.1, -0.05) is 46.5 Å². The van der Waals surface area contributed by atoms with E-state index in [9.17, 15) is 4.79 Å². The van der Waals surface area contributed by atoms with Gasteiger partial charge < -0.3 is 0 Å². The van der Waals surface area contributed by atoms with Crippen molar-refractivity contribution in [3.8, 4) is 0 Å². The fourth-order valence-corrected chi connectivity index (χ4v) is 4.17. The molecule has 1 atom stereocenters. The molecule has 19 heavy (non-hydrogen) atoms. The van der Waals surface area contributed by atoms with Crippen LogP contribution in [0.25, 0.3) is 0 Å². The number of hydrogen-bond donors (Lipinski definition) is 0. The molecule has 2 aromatic rings. The number of hydrogen-bond acceptors (Lipinski definition) is 6. The fourth-order valence-electron chi connectivity index (χ4n) is 1.38. The summed E-state index contributed by atoms with van der Waals surface area (Å²) < 4.78 is 1.73. The van der Waals surface area contributed by atoms with Crippen LogP contribution in [0.4, 0.5) is 0 Å². The number of rotatable bonds is 5. The lowest BCUT2D eigenvalue weighted by Gasteiger charge is -2.07. The molecule has 1 heterocycles. The third-order valence-corrected chi connectivity index (χ3v) is 5.67. The molecule has 1 aromatic heterocycles. The van der Waals surface area contributed by atoms with Crippen LogP contribution in [0, 0.1) is 0 Å². The van der Waals surface area contributed by atoms with Crippen molar-refractivity contribution < 1.29 is 4.79 Å². The van der Waals surface area contributed by atoms with E-state index in [-0.39, 0.29) is 11.0 Å². The molecule has 1 unspecified atom stereocenters. The predicted molar refractivity (Wildman–Crippen MR) is 82.8 cm³/mol. The first-order valence-electron chi connectivity index (χ1n) is 5.44. The zero-order chi connectivity index (χ0) is 13.8. The van der Waals surface area contributed by atoms with Crippen molar-refractivity contribution in [2.45, 2.75) is 20.9 Å². The van der Waals surface area contributed by atoms with Gasteiger partial charge >= 0.3 is 0 Å². The molecule has 0 fully saturated rings. The van der Waals surface area contributed by atoms with E-state index in [1.165, 1.54) is 23.1 Å². The maximum atomic E-state index is 12.2. The second kappa shape index (κ2) is 6.74. The standard InChI is InChI=1S/C12H11ClN2OS3/c1-7(18-12-15-14-11(17-2)19-12)10(16)8-3-5-9(13)6-4-8/h3-7H,1-2H3. The third kappa shape index (κ3) is 3.95. The molecule has 1 aromatic carbocycles. The van der Waals surface area contributed by atoms with E-state index in [0.29, 0.717) is 10.6 Å². The third-order valence-electron chi connectivity index (χ3n) is 2.34. The number of Topliss-reactive ketones (excluding diaryl/α,β-unsaturated/α-hetero) is 1. The summed E-state index contributed by atoms with van der Waals surface area (Å²) in [4.78, 5) is 12.2. The Balaban J connectivity index is 2.04. The van der Waals surface area contributed by atoms with Gasteiger partial charge in [0.2, 0.25) is 0 Å². The van der Waals surface area contributed by atoms with E-state index in [2.05, 4.69) is 10.2 Å². The van der Waals surface area contributed by atoms with Crippen molar-refractivity contribution in [1.82, 2.24) is 10.2 Å². The van der Waals surface area contributed by atoms with Gasteiger partial charge in [-0.05, 0) is 37.4 Å². The molecule has 3 nitrogen and oxygen atoms in total. The minimum Gasteiger partial charge on any atom is -0.293 e. The van der Waals surface area contributed by atoms with Gasteiger partial charge in [0.1, 0.15) is 0 Å². The highest BCUT2D eigenvalue weighted by Crippen LogP contribution is 2.31. The summed E-state index contributed by atoms with van der Waals surface area (Å²) in [7, 11) is 0. The lowest BCUT2D eigenvalue weighted by Crippen LogP contribution is -2.13. The zero-order valence-electron chi connectivity index (χ0n) is 10.3. The van der Waals surface area contributed by atoms with E-state index >= 15 is 0 Å². The van der Waals surface area contributed by atoms with E-state index in [1.54, 1.807) is 36.0 Å². The molecular formula is C12H11ClN2OS3. The monoisotopic (exact) mass is 330 g/mol. The van der Waals surface area contributed by atoms with Crippen LogP contribution < -0.4 is 0 Å². The Hall–Kier alpha value is -0.560. The Morgan fingerprint density at radius 2 is 1.89 bits per heavy atom. The molecule has 0 aliphatic carbocycles. The first kappa shape index (κ1) is 14.8. The van der Waals surface area contributed by atoms with E-state index < -0.39 is 0 Å². The Kier molecular flexibility index (Phi) is 5.27. The maximum absolute atomic E-state index is 12.2. The second-order valence-corrected chi connectivity index (χ2v) is 7.72. The zero-order valence-corrected chi connectivity index (χ0v) is 13.5. The van der Waals surface area contributed by atoms with Crippen molar-refractivity contribution in [3.63, 3.8) is 0 Å². The van der Waals surface area contributed by atoms with Gasteiger partial charge in [-0.3, -0.25) is 4.79 Å². The number of thioether (sulfide) groups is 2. The van der Waals surface area contributed by atoms with Gasteiger partial charge in [-0.2, -0.15) is 0 Å². The molecule has 0 saturated heterocycles. The Morgan fingerprint density at radius 3 is 2.47 bits per heavy atom. The number of carbonyl (C=O) groups excluding carboxylic acids is 1. The lowest BCUT2D eigenvalue weighted by molar-refractivity contribution is 0.0994. The first-order chi connectivity index (χ1) is 9.10. The molecule has 0 radical (unpaired) electrons. The van der Waals surface area contributed by atoms with E-state index in [0.717, 1.165) is 8.68 Å². The molecule has 0 bridgehead atoms. The van der Waals surface area contributed by atoms with Crippen LogP contribution in [0.15, 0.2) is 32.9 Å². The Labute approximate surface area is 129 Å². The SMILES string of the molecule is CSc1nnc(SC(C)C(=O)c2ccc(Cl)cc2)s1. The van der Waals surface area contributed by atoms with Crippen LogP contribution in [-0.2, 0) is 0 Å². The molecule has 0 spiro atoms. The number of benzene rings is 1. The number of nitrogens with zero attached hydrogens (tertiary/aromatic N) is 2. The minimum absolute atomic E-state index is 0.0718. The van der Waals surface area contributed by atoms with Crippen molar-refractivity contribution in [2.24, 2.45) is 0 Å². The van der Waals surface area contributed by atoms with Crippen LogP contribution >= 0.6 is 46.5 Å². The van der Waals surface area contributed by atoms with Crippen LogP contribution in [0.2, 0.25) is 5.02 Å². The van der Waals surface area contributed by atoms with Gasteiger partial charge in [0.25, 0.3) is 0 Å². The average molecular weight is 331 g/mol. The molecule has 0 N–H and O–H groups in total. The molecule has 0 amide bonds. The number of ketones is 1. The molecule has 0 aliphatic rings. The van der Waals surface area contributed by atoms with Crippen LogP contribution in [-0.4, -0.2) is 27.5 Å². The van der Waals surface area contributed by atoms with Gasteiger partial charge in [-0.15, -0.1) is 10.2 Å². The summed E-state index contributed by atoms with van der Waals surface area (Å²) >= 11 is 10.3. The Bertz CT molecular complexity index is 571.